The van der Waals surface area contributed by atoms with Gasteiger partial charge in [0.25, 0.3) is 15.9 Å². The molecule has 2 N–H and O–H groups in total. The molecule has 10 heteroatoms. The van der Waals surface area contributed by atoms with E-state index in [1.807, 2.05) is 10.8 Å². The number of hydrogen-bond acceptors (Lipinski definition) is 5. The lowest BCUT2D eigenvalue weighted by atomic mass is 10.1. The Morgan fingerprint density at radius 1 is 1.03 bits per heavy atom. The van der Waals surface area contributed by atoms with Crippen molar-refractivity contribution >= 4 is 56.3 Å². The van der Waals surface area contributed by atoms with Crippen LogP contribution in [0.1, 0.15) is 15.9 Å². The number of rotatable bonds is 5. The van der Waals surface area contributed by atoms with Crippen LogP contribution >= 0.6 is 22.9 Å². The van der Waals surface area contributed by atoms with Gasteiger partial charge in [-0.2, -0.15) is 0 Å². The molecule has 0 unspecified atom stereocenters. The molecule has 1 heterocycles. The number of sulfonamides is 1. The topological polar surface area (TPSA) is 95.6 Å². The van der Waals surface area contributed by atoms with Crippen LogP contribution in [0.4, 0.5) is 16.2 Å². The number of carbonyl (C=O) groups excluding carboxylic acids is 2. The van der Waals surface area contributed by atoms with Crippen LogP contribution in [0.2, 0.25) is 4.34 Å². The molecule has 3 rings (SSSR count). The summed E-state index contributed by atoms with van der Waals surface area (Å²) < 4.78 is 26.6. The number of carbonyl (C=O) groups is 2. The highest BCUT2D eigenvalue weighted by Crippen LogP contribution is 2.26. The van der Waals surface area contributed by atoms with Gasteiger partial charge in [0.1, 0.15) is 4.21 Å². The van der Waals surface area contributed by atoms with Gasteiger partial charge < -0.3 is 10.2 Å². The Labute approximate surface area is 183 Å². The molecule has 156 valence electrons. The third kappa shape index (κ3) is 4.99. The molecule has 7 nitrogen and oxygen atoms in total. The first-order valence-electron chi connectivity index (χ1n) is 8.70. The van der Waals surface area contributed by atoms with Crippen molar-refractivity contribution in [3.8, 4) is 0 Å². The second-order valence-electron chi connectivity index (χ2n) is 6.35. The molecule has 3 amide bonds. The van der Waals surface area contributed by atoms with Crippen LogP contribution in [0.15, 0.2) is 64.9 Å². The van der Waals surface area contributed by atoms with Crippen LogP contribution < -0.4 is 14.9 Å². The van der Waals surface area contributed by atoms with Crippen molar-refractivity contribution in [2.45, 2.75) is 11.1 Å². The fourth-order valence-electron chi connectivity index (χ4n) is 2.76. The zero-order valence-electron chi connectivity index (χ0n) is 16.0. The molecule has 0 radical (unpaired) electrons. The molecule has 0 aliphatic heterocycles. The summed E-state index contributed by atoms with van der Waals surface area (Å²) in [6.07, 6.45) is 0. The van der Waals surface area contributed by atoms with E-state index in [2.05, 4.69) is 5.32 Å². The van der Waals surface area contributed by atoms with Crippen LogP contribution in [0, 0.1) is 6.92 Å². The highest BCUT2D eigenvalue weighted by molar-refractivity contribution is 7.92. The summed E-state index contributed by atoms with van der Waals surface area (Å²) in [5, 5.41) is 2.48. The highest BCUT2D eigenvalue weighted by Gasteiger charge is 2.20. The normalized spacial score (nSPS) is 11.0. The van der Waals surface area contributed by atoms with Gasteiger partial charge in [-0.25, -0.2) is 17.9 Å². The van der Waals surface area contributed by atoms with Gasteiger partial charge in [-0.15, -0.1) is 11.3 Å². The van der Waals surface area contributed by atoms with Gasteiger partial charge in [0.05, 0.1) is 4.34 Å². The maximum absolute atomic E-state index is 12.6. The first-order chi connectivity index (χ1) is 14.2. The lowest BCUT2D eigenvalue weighted by molar-refractivity contribution is 0.0993. The molecule has 0 saturated carbocycles. The van der Waals surface area contributed by atoms with E-state index in [0.717, 1.165) is 16.9 Å². The number of benzene rings is 2. The first kappa shape index (κ1) is 21.8. The molecule has 0 fully saturated rings. The third-order valence-corrected chi connectivity index (χ3v) is 7.24. The van der Waals surface area contributed by atoms with Crippen LogP contribution in [0.3, 0.4) is 0 Å². The average molecular weight is 464 g/mol. The number of anilines is 2. The summed E-state index contributed by atoms with van der Waals surface area (Å²) >= 11 is 6.60. The molecule has 2 aromatic carbocycles. The number of amides is 3. The Morgan fingerprint density at radius 3 is 2.33 bits per heavy atom. The Hall–Kier alpha value is -2.88. The lowest BCUT2D eigenvalue weighted by Gasteiger charge is -2.20. The summed E-state index contributed by atoms with van der Waals surface area (Å²) in [6.45, 7) is 1.79. The minimum absolute atomic E-state index is 0.0600. The van der Waals surface area contributed by atoms with Crippen LogP contribution in [0.25, 0.3) is 0 Å². The van der Waals surface area contributed by atoms with Crippen molar-refractivity contribution in [2.75, 3.05) is 17.3 Å². The van der Waals surface area contributed by atoms with Crippen molar-refractivity contribution in [2.24, 2.45) is 0 Å². The van der Waals surface area contributed by atoms with E-state index >= 15 is 0 Å². The molecular weight excluding hydrogens is 446 g/mol. The number of urea groups is 1. The van der Waals surface area contributed by atoms with Gasteiger partial charge in [-0.1, -0.05) is 29.8 Å². The highest BCUT2D eigenvalue weighted by atomic mass is 35.5. The zero-order chi connectivity index (χ0) is 21.9. The van der Waals surface area contributed by atoms with E-state index in [1.165, 1.54) is 17.0 Å². The summed E-state index contributed by atoms with van der Waals surface area (Å²) in [5.74, 6) is -0.169. The van der Waals surface area contributed by atoms with Gasteiger partial charge in [-0.05, 0) is 55.0 Å². The Bertz CT molecular complexity index is 1190. The number of nitrogens with zero attached hydrogens (tertiary/aromatic N) is 1. The van der Waals surface area contributed by atoms with Gasteiger partial charge in [-0.3, -0.25) is 4.79 Å². The largest absolute Gasteiger partial charge is 0.333 e. The molecule has 0 saturated heterocycles. The van der Waals surface area contributed by atoms with Gasteiger partial charge >= 0.3 is 6.03 Å². The van der Waals surface area contributed by atoms with E-state index in [4.69, 9.17) is 11.6 Å². The molecular formula is C20H18ClN3O4S2. The van der Waals surface area contributed by atoms with Crippen LogP contribution in [-0.2, 0) is 10.0 Å². The standard InChI is InChI=1S/C20H18ClN3O4S2/c1-13-12-15(22-20(26)23-30(27,28)18-11-10-17(21)29-18)8-9-16(13)24(2)19(25)14-6-4-3-5-7-14/h3-12H,1-2H3,(H2,22,23,26). The molecule has 0 spiro atoms. The fourth-order valence-corrected chi connectivity index (χ4v) is 5.15. The van der Waals surface area contributed by atoms with Crippen molar-refractivity contribution < 1.29 is 18.0 Å². The Kier molecular flexibility index (Phi) is 6.45. The first-order valence-corrected chi connectivity index (χ1v) is 11.4. The second kappa shape index (κ2) is 8.86. The minimum atomic E-state index is -4.01. The predicted molar refractivity (Wildman–Crippen MR) is 119 cm³/mol. The Morgan fingerprint density at radius 2 is 1.73 bits per heavy atom. The van der Waals surface area contributed by atoms with E-state index in [1.54, 1.807) is 56.4 Å². The molecule has 1 aromatic heterocycles. The fraction of sp³-hybridized carbons (Fsp3) is 0.100. The van der Waals surface area contributed by atoms with Crippen molar-refractivity contribution in [3.63, 3.8) is 0 Å². The second-order valence-corrected chi connectivity index (χ2v) is 9.97. The lowest BCUT2D eigenvalue weighted by Crippen LogP contribution is -2.34. The number of halogens is 1. The van der Waals surface area contributed by atoms with Crippen molar-refractivity contribution in [1.29, 1.82) is 0 Å². The van der Waals surface area contributed by atoms with Crippen LogP contribution in [-0.4, -0.2) is 27.4 Å². The van der Waals surface area contributed by atoms with Crippen molar-refractivity contribution in [1.82, 2.24) is 4.72 Å². The molecule has 0 bridgehead atoms. The quantitative estimate of drug-likeness (QED) is 0.582. The average Bonchev–Trinajstić information content (AvgIpc) is 3.14. The zero-order valence-corrected chi connectivity index (χ0v) is 18.4. The molecule has 3 aromatic rings. The molecule has 0 aliphatic carbocycles. The predicted octanol–water partition coefficient (Wildman–Crippen LogP) is 4.50. The number of thiophene rings is 1. The van der Waals surface area contributed by atoms with E-state index in [-0.39, 0.29) is 10.1 Å². The van der Waals surface area contributed by atoms with Gasteiger partial charge in [0.2, 0.25) is 0 Å². The number of aryl methyl sites for hydroxylation is 1. The van der Waals surface area contributed by atoms with Crippen molar-refractivity contribution in [3.05, 3.63) is 76.1 Å². The summed E-state index contributed by atoms with van der Waals surface area (Å²) in [6, 6.07) is 15.7. The number of nitrogens with one attached hydrogen (secondary N) is 2. The van der Waals surface area contributed by atoms with Gasteiger partial charge in [0.15, 0.2) is 0 Å². The van der Waals surface area contributed by atoms with Gasteiger partial charge in [0, 0.05) is 24.0 Å². The molecule has 0 aliphatic rings. The maximum atomic E-state index is 12.6. The summed E-state index contributed by atoms with van der Waals surface area (Å²) in [4.78, 5) is 26.3. The third-order valence-electron chi connectivity index (χ3n) is 4.18. The molecule has 0 atom stereocenters. The molecule has 30 heavy (non-hydrogen) atoms. The SMILES string of the molecule is Cc1cc(NC(=O)NS(=O)(=O)c2ccc(Cl)s2)ccc1N(C)C(=O)c1ccccc1. The van der Waals surface area contributed by atoms with E-state index < -0.39 is 16.1 Å². The van der Waals surface area contributed by atoms with E-state index in [0.29, 0.717) is 21.3 Å². The number of hydrogen-bond donors (Lipinski definition) is 2. The Balaban J connectivity index is 1.70. The van der Waals surface area contributed by atoms with Crippen LogP contribution in [0.5, 0.6) is 0 Å². The smallest absolute Gasteiger partial charge is 0.311 e. The summed E-state index contributed by atoms with van der Waals surface area (Å²) in [5.41, 5.74) is 2.33. The maximum Gasteiger partial charge on any atom is 0.333 e. The minimum Gasteiger partial charge on any atom is -0.311 e. The monoisotopic (exact) mass is 463 g/mol. The van der Waals surface area contributed by atoms with E-state index in [9.17, 15) is 18.0 Å². The summed E-state index contributed by atoms with van der Waals surface area (Å²) in [7, 11) is -2.35.